The molecule has 1 aliphatic heterocycles. The van der Waals surface area contributed by atoms with Gasteiger partial charge in [-0.05, 0) is 77.2 Å². The van der Waals surface area contributed by atoms with Gasteiger partial charge < -0.3 is 15.6 Å². The van der Waals surface area contributed by atoms with Gasteiger partial charge in [0.15, 0.2) is 11.5 Å². The lowest BCUT2D eigenvalue weighted by Gasteiger charge is -2.33. The molecule has 0 bridgehead atoms. The molecule has 1 fully saturated rings. The van der Waals surface area contributed by atoms with Crippen LogP contribution in [0.1, 0.15) is 76.8 Å². The maximum absolute atomic E-state index is 10.1. The predicted molar refractivity (Wildman–Crippen MR) is 119 cm³/mol. The summed E-state index contributed by atoms with van der Waals surface area (Å²) < 4.78 is 6.08. The highest BCUT2D eigenvalue weighted by molar-refractivity contribution is 6.09. The molecule has 0 atom stereocenters. The van der Waals surface area contributed by atoms with Gasteiger partial charge in [-0.15, -0.1) is 0 Å². The Bertz CT molecular complexity index is 937. The van der Waals surface area contributed by atoms with E-state index in [2.05, 4.69) is 34.2 Å². The topological polar surface area (TPSA) is 93.6 Å². The molecular formula is C24H32N4O2. The van der Waals surface area contributed by atoms with Crippen LogP contribution in [-0.2, 0) is 0 Å². The fourth-order valence-electron chi connectivity index (χ4n) is 4.82. The van der Waals surface area contributed by atoms with Crippen LogP contribution in [0.4, 0.5) is 11.5 Å². The number of hydrogen-bond donors (Lipinski definition) is 2. The van der Waals surface area contributed by atoms with E-state index >= 15 is 0 Å². The van der Waals surface area contributed by atoms with E-state index < -0.39 is 11.2 Å². The standard InChI is InChI=1S/C24H32N4O2/c1-23(2,29)13-15-5-7-16(8-6-15)17-9-11-18(12-10-17)20-24(3,4)30-22-19(28-20)21(25)26-14-27-22/h9-12,14-16,29H,5-8,13H2,1-4H3,(H2,25,26,27). The number of aliphatic hydroxyl groups is 1. The lowest BCUT2D eigenvalue weighted by molar-refractivity contribution is 0.0445. The Morgan fingerprint density at radius 3 is 2.40 bits per heavy atom. The van der Waals surface area contributed by atoms with Crippen LogP contribution in [0.15, 0.2) is 35.6 Å². The quantitative estimate of drug-likeness (QED) is 0.759. The van der Waals surface area contributed by atoms with Crippen molar-refractivity contribution in [1.82, 2.24) is 9.97 Å². The van der Waals surface area contributed by atoms with Crippen LogP contribution < -0.4 is 10.5 Å². The van der Waals surface area contributed by atoms with Gasteiger partial charge in [0.1, 0.15) is 11.9 Å². The molecule has 1 aliphatic carbocycles. The van der Waals surface area contributed by atoms with Crippen LogP contribution in [0.5, 0.6) is 5.88 Å². The van der Waals surface area contributed by atoms with Crippen molar-refractivity contribution in [2.24, 2.45) is 10.9 Å². The van der Waals surface area contributed by atoms with Crippen molar-refractivity contribution >= 4 is 17.2 Å². The Morgan fingerprint density at radius 1 is 1.10 bits per heavy atom. The Balaban J connectivity index is 1.51. The summed E-state index contributed by atoms with van der Waals surface area (Å²) in [5.74, 6) is 1.96. The first kappa shape index (κ1) is 20.8. The third-order valence-electron chi connectivity index (χ3n) is 6.25. The largest absolute Gasteiger partial charge is 0.463 e. The van der Waals surface area contributed by atoms with Crippen molar-refractivity contribution in [3.8, 4) is 5.88 Å². The average molecular weight is 409 g/mol. The normalized spacial score (nSPS) is 23.3. The lowest BCUT2D eigenvalue weighted by atomic mass is 9.75. The molecule has 1 aromatic heterocycles. The smallest absolute Gasteiger partial charge is 0.246 e. The van der Waals surface area contributed by atoms with Crippen molar-refractivity contribution < 1.29 is 9.84 Å². The van der Waals surface area contributed by atoms with Gasteiger partial charge in [-0.2, -0.15) is 4.98 Å². The van der Waals surface area contributed by atoms with Gasteiger partial charge in [-0.1, -0.05) is 24.3 Å². The summed E-state index contributed by atoms with van der Waals surface area (Å²) in [5, 5.41) is 10.1. The number of anilines is 1. The number of fused-ring (bicyclic) bond motifs is 1. The first-order valence-electron chi connectivity index (χ1n) is 10.8. The number of benzene rings is 1. The second-order valence-corrected chi connectivity index (χ2v) is 9.84. The summed E-state index contributed by atoms with van der Waals surface area (Å²) in [6.07, 6.45) is 7.01. The molecule has 4 rings (SSSR count). The predicted octanol–water partition coefficient (Wildman–Crippen LogP) is 4.79. The van der Waals surface area contributed by atoms with Crippen LogP contribution in [-0.4, -0.2) is 32.0 Å². The number of rotatable bonds is 4. The Hall–Kier alpha value is -2.47. The summed E-state index contributed by atoms with van der Waals surface area (Å²) >= 11 is 0. The highest BCUT2D eigenvalue weighted by atomic mass is 16.5. The SMILES string of the molecule is CC(C)(O)CC1CCC(c2ccc(C3=Nc4c(N)ncnc4OC3(C)C)cc2)CC1. The zero-order valence-corrected chi connectivity index (χ0v) is 18.4. The number of nitrogens with zero attached hydrogens (tertiary/aromatic N) is 3. The van der Waals surface area contributed by atoms with Crippen molar-refractivity contribution in [1.29, 1.82) is 0 Å². The fourth-order valence-corrected chi connectivity index (χ4v) is 4.82. The van der Waals surface area contributed by atoms with Crippen LogP contribution in [0.25, 0.3) is 0 Å². The third kappa shape index (κ3) is 4.33. The molecule has 2 aliphatic rings. The first-order chi connectivity index (χ1) is 14.1. The van der Waals surface area contributed by atoms with Gasteiger partial charge in [-0.25, -0.2) is 9.98 Å². The Morgan fingerprint density at radius 2 is 1.77 bits per heavy atom. The summed E-state index contributed by atoms with van der Waals surface area (Å²) in [6, 6.07) is 8.70. The van der Waals surface area contributed by atoms with Gasteiger partial charge in [-0.3, -0.25) is 0 Å². The minimum Gasteiger partial charge on any atom is -0.463 e. The number of nitrogen functional groups attached to an aromatic ring is 1. The molecular weight excluding hydrogens is 376 g/mol. The van der Waals surface area contributed by atoms with E-state index in [4.69, 9.17) is 15.5 Å². The zero-order valence-electron chi connectivity index (χ0n) is 18.4. The maximum Gasteiger partial charge on any atom is 0.246 e. The molecule has 0 spiro atoms. The summed E-state index contributed by atoms with van der Waals surface area (Å²) in [4.78, 5) is 13.0. The molecule has 0 amide bonds. The Kier molecular flexibility index (Phi) is 5.30. The second kappa shape index (κ2) is 7.65. The van der Waals surface area contributed by atoms with E-state index in [1.807, 2.05) is 27.7 Å². The maximum atomic E-state index is 10.1. The highest BCUT2D eigenvalue weighted by Crippen LogP contribution is 2.41. The van der Waals surface area contributed by atoms with E-state index in [9.17, 15) is 5.11 Å². The van der Waals surface area contributed by atoms with Crippen LogP contribution in [0.3, 0.4) is 0 Å². The molecule has 0 radical (unpaired) electrons. The third-order valence-corrected chi connectivity index (χ3v) is 6.25. The Labute approximate surface area is 178 Å². The molecule has 160 valence electrons. The number of aliphatic imine (C=N–C) groups is 1. The van der Waals surface area contributed by atoms with E-state index in [0.717, 1.165) is 17.7 Å². The molecule has 6 nitrogen and oxygen atoms in total. The molecule has 0 unspecified atom stereocenters. The molecule has 3 N–H and O–H groups in total. The van der Waals surface area contributed by atoms with E-state index in [1.54, 1.807) is 0 Å². The molecule has 2 heterocycles. The summed E-state index contributed by atoms with van der Waals surface area (Å²) in [5.41, 5.74) is 8.54. The monoisotopic (exact) mass is 408 g/mol. The van der Waals surface area contributed by atoms with Crippen LogP contribution in [0, 0.1) is 5.92 Å². The molecule has 2 aromatic rings. The number of aromatic nitrogens is 2. The number of hydrogen-bond acceptors (Lipinski definition) is 6. The molecule has 6 heteroatoms. The molecule has 30 heavy (non-hydrogen) atoms. The van der Waals surface area contributed by atoms with Crippen molar-refractivity contribution in [3.05, 3.63) is 41.7 Å². The number of ether oxygens (including phenoxy) is 1. The molecule has 1 aromatic carbocycles. The summed E-state index contributed by atoms with van der Waals surface area (Å²) in [6.45, 7) is 7.81. The summed E-state index contributed by atoms with van der Waals surface area (Å²) in [7, 11) is 0. The van der Waals surface area contributed by atoms with Crippen LogP contribution in [0.2, 0.25) is 0 Å². The van der Waals surface area contributed by atoms with Crippen LogP contribution >= 0.6 is 0 Å². The van der Waals surface area contributed by atoms with Gasteiger partial charge in [0.2, 0.25) is 5.88 Å². The fraction of sp³-hybridized carbons (Fsp3) is 0.542. The van der Waals surface area contributed by atoms with Crippen molar-refractivity contribution in [2.75, 3.05) is 5.73 Å². The lowest BCUT2D eigenvalue weighted by Crippen LogP contribution is -2.41. The average Bonchev–Trinajstić information content (AvgIpc) is 2.67. The van der Waals surface area contributed by atoms with Gasteiger partial charge >= 0.3 is 0 Å². The van der Waals surface area contributed by atoms with E-state index in [0.29, 0.717) is 29.2 Å². The van der Waals surface area contributed by atoms with Crippen molar-refractivity contribution in [3.63, 3.8) is 0 Å². The molecule has 1 saturated carbocycles. The number of nitrogens with two attached hydrogens (primary N) is 1. The second-order valence-electron chi connectivity index (χ2n) is 9.84. The van der Waals surface area contributed by atoms with Crippen molar-refractivity contribution in [2.45, 2.75) is 76.9 Å². The molecule has 0 saturated heterocycles. The first-order valence-corrected chi connectivity index (χ1v) is 10.8. The highest BCUT2D eigenvalue weighted by Gasteiger charge is 2.35. The van der Waals surface area contributed by atoms with Gasteiger partial charge in [0, 0.05) is 5.56 Å². The van der Waals surface area contributed by atoms with Gasteiger partial charge in [0.05, 0.1) is 11.3 Å². The van der Waals surface area contributed by atoms with E-state index in [-0.39, 0.29) is 0 Å². The minimum atomic E-state index is -0.607. The zero-order chi connectivity index (χ0) is 21.5. The van der Waals surface area contributed by atoms with Gasteiger partial charge in [0.25, 0.3) is 0 Å². The minimum absolute atomic E-state index is 0.326. The van der Waals surface area contributed by atoms with E-state index in [1.165, 1.54) is 37.6 Å².